The van der Waals surface area contributed by atoms with Gasteiger partial charge in [0.1, 0.15) is 6.04 Å². The molecule has 0 aliphatic carbocycles. The van der Waals surface area contributed by atoms with Crippen molar-refractivity contribution in [2.24, 2.45) is 0 Å². The summed E-state index contributed by atoms with van der Waals surface area (Å²) in [6, 6.07) is 6.98. The predicted molar refractivity (Wildman–Crippen MR) is 90.7 cm³/mol. The van der Waals surface area contributed by atoms with Crippen LogP contribution in [0.3, 0.4) is 0 Å². The van der Waals surface area contributed by atoms with Gasteiger partial charge in [-0.25, -0.2) is 5.43 Å². The minimum absolute atomic E-state index is 0.0661. The van der Waals surface area contributed by atoms with Crippen LogP contribution in [0.4, 0.5) is 0 Å². The fourth-order valence-corrected chi connectivity index (χ4v) is 3.85. The number of nitrogens with zero attached hydrogens (tertiary/aromatic N) is 1. The molecule has 2 aliphatic heterocycles. The first-order valence-electron chi connectivity index (χ1n) is 8.17. The van der Waals surface area contributed by atoms with E-state index < -0.39 is 0 Å². The van der Waals surface area contributed by atoms with Crippen molar-refractivity contribution in [2.45, 2.75) is 56.1 Å². The third-order valence-electron chi connectivity index (χ3n) is 4.65. The Balaban J connectivity index is 1.63. The van der Waals surface area contributed by atoms with Crippen molar-refractivity contribution in [3.8, 4) is 0 Å². The molecular formula is C17H25N3OS. The van der Waals surface area contributed by atoms with E-state index in [-0.39, 0.29) is 11.9 Å². The summed E-state index contributed by atoms with van der Waals surface area (Å²) in [7, 11) is 0. The zero-order valence-corrected chi connectivity index (χ0v) is 14.2. The second-order valence-electron chi connectivity index (χ2n) is 6.21. The average molecular weight is 319 g/mol. The largest absolute Gasteiger partial charge is 0.337 e. The molecule has 2 N–H and O–H groups in total. The zero-order valence-electron chi connectivity index (χ0n) is 13.4. The lowest BCUT2D eigenvalue weighted by Gasteiger charge is -2.31. The zero-order chi connectivity index (χ0) is 15.5. The van der Waals surface area contributed by atoms with Crippen LogP contribution in [-0.4, -0.2) is 35.7 Å². The molecule has 1 fully saturated rings. The maximum absolute atomic E-state index is 12.7. The van der Waals surface area contributed by atoms with Crippen LogP contribution in [0.1, 0.15) is 37.3 Å². The maximum atomic E-state index is 12.7. The highest BCUT2D eigenvalue weighted by Crippen LogP contribution is 2.25. The van der Waals surface area contributed by atoms with Gasteiger partial charge in [0.2, 0.25) is 5.91 Å². The van der Waals surface area contributed by atoms with Crippen LogP contribution in [-0.2, 0) is 17.8 Å². The van der Waals surface area contributed by atoms with E-state index >= 15 is 0 Å². The number of thioether (sulfide) groups is 1. The molecule has 120 valence electrons. The molecule has 2 aliphatic rings. The fraction of sp³-hybridized carbons (Fsp3) is 0.588. The topological polar surface area (TPSA) is 44.4 Å². The summed E-state index contributed by atoms with van der Waals surface area (Å²) in [5.41, 5.74) is 9.15. The number of fused-ring (bicyclic) bond motifs is 1. The van der Waals surface area contributed by atoms with Crippen LogP contribution in [0.15, 0.2) is 23.1 Å². The molecule has 2 heterocycles. The summed E-state index contributed by atoms with van der Waals surface area (Å²) >= 11 is 1.78. The van der Waals surface area contributed by atoms with Crippen molar-refractivity contribution in [1.29, 1.82) is 0 Å². The van der Waals surface area contributed by atoms with Crippen molar-refractivity contribution in [3.63, 3.8) is 0 Å². The lowest BCUT2D eigenvalue weighted by Crippen LogP contribution is -2.47. The summed E-state index contributed by atoms with van der Waals surface area (Å²) in [5, 5.41) is 0. The molecule has 0 saturated carbocycles. The van der Waals surface area contributed by atoms with E-state index in [0.717, 1.165) is 38.8 Å². The van der Waals surface area contributed by atoms with Crippen molar-refractivity contribution in [1.82, 2.24) is 15.8 Å². The third-order valence-corrected chi connectivity index (χ3v) is 5.38. The maximum Gasteiger partial charge on any atom is 0.241 e. The second-order valence-corrected chi connectivity index (χ2v) is 7.09. The van der Waals surface area contributed by atoms with Gasteiger partial charge in [0, 0.05) is 24.0 Å². The highest BCUT2D eigenvalue weighted by atomic mass is 32.2. The molecule has 1 saturated heterocycles. The number of nitrogens with one attached hydrogen (secondary N) is 2. The van der Waals surface area contributed by atoms with Gasteiger partial charge in [0.15, 0.2) is 0 Å². The van der Waals surface area contributed by atoms with Gasteiger partial charge in [0.25, 0.3) is 0 Å². The molecule has 2 atom stereocenters. The number of carbonyl (C=O) groups is 1. The molecule has 2 unspecified atom stereocenters. The number of hydrogen-bond acceptors (Lipinski definition) is 4. The third kappa shape index (κ3) is 3.31. The van der Waals surface area contributed by atoms with E-state index in [4.69, 9.17) is 0 Å². The predicted octanol–water partition coefficient (Wildman–Crippen LogP) is 2.33. The first-order chi connectivity index (χ1) is 10.7. The van der Waals surface area contributed by atoms with E-state index in [0.29, 0.717) is 6.04 Å². The highest BCUT2D eigenvalue weighted by Gasteiger charge is 2.32. The van der Waals surface area contributed by atoms with E-state index in [1.807, 2.05) is 4.90 Å². The molecule has 22 heavy (non-hydrogen) atoms. The summed E-state index contributed by atoms with van der Waals surface area (Å²) in [4.78, 5) is 16.0. The molecule has 1 amide bonds. The molecule has 3 rings (SSSR count). The number of amides is 1. The Bertz CT molecular complexity index is 549. The van der Waals surface area contributed by atoms with E-state index in [1.165, 1.54) is 16.0 Å². The molecule has 0 radical (unpaired) electrons. The Morgan fingerprint density at radius 2 is 2.23 bits per heavy atom. The Morgan fingerprint density at radius 1 is 1.36 bits per heavy atom. The molecular weight excluding hydrogens is 294 g/mol. The van der Waals surface area contributed by atoms with Crippen molar-refractivity contribution >= 4 is 17.7 Å². The van der Waals surface area contributed by atoms with Gasteiger partial charge < -0.3 is 4.90 Å². The highest BCUT2D eigenvalue weighted by molar-refractivity contribution is 7.98. The lowest BCUT2D eigenvalue weighted by molar-refractivity contribution is -0.134. The molecule has 1 aromatic carbocycles. The van der Waals surface area contributed by atoms with Gasteiger partial charge in [-0.2, -0.15) is 0 Å². The standard InChI is InChI=1S/C17H25N3OS/c1-3-4-14-10-16(19-18-14)17(21)20-8-7-12-9-15(22-2)6-5-13(12)11-20/h5-6,9,14,16,18-19H,3-4,7-8,10-11H2,1-2H3. The van der Waals surface area contributed by atoms with E-state index in [1.54, 1.807) is 11.8 Å². The lowest BCUT2D eigenvalue weighted by atomic mass is 9.98. The van der Waals surface area contributed by atoms with E-state index in [2.05, 4.69) is 42.2 Å². The average Bonchev–Trinajstić information content (AvgIpc) is 3.02. The van der Waals surface area contributed by atoms with Gasteiger partial charge in [-0.3, -0.25) is 10.2 Å². The summed E-state index contributed by atoms with van der Waals surface area (Å²) in [5.74, 6) is 0.241. The van der Waals surface area contributed by atoms with Crippen LogP contribution in [0.5, 0.6) is 0 Å². The van der Waals surface area contributed by atoms with Crippen LogP contribution in [0.2, 0.25) is 0 Å². The minimum atomic E-state index is -0.0661. The van der Waals surface area contributed by atoms with Crippen LogP contribution in [0, 0.1) is 0 Å². The quantitative estimate of drug-likeness (QED) is 0.836. The second kappa shape index (κ2) is 7.02. The molecule has 4 nitrogen and oxygen atoms in total. The monoisotopic (exact) mass is 319 g/mol. The minimum Gasteiger partial charge on any atom is -0.337 e. The van der Waals surface area contributed by atoms with Crippen molar-refractivity contribution in [3.05, 3.63) is 29.3 Å². The van der Waals surface area contributed by atoms with Gasteiger partial charge in [-0.1, -0.05) is 19.4 Å². The number of hydrogen-bond donors (Lipinski definition) is 2. The van der Waals surface area contributed by atoms with Crippen LogP contribution < -0.4 is 10.9 Å². The molecule has 5 heteroatoms. The summed E-state index contributed by atoms with van der Waals surface area (Å²) in [6.45, 7) is 3.76. The molecule has 0 spiro atoms. The number of rotatable bonds is 4. The van der Waals surface area contributed by atoms with E-state index in [9.17, 15) is 4.79 Å². The molecule has 0 bridgehead atoms. The molecule has 0 aromatic heterocycles. The Labute approximate surface area is 137 Å². The number of carbonyl (C=O) groups excluding carboxylic acids is 1. The Kier molecular flexibility index (Phi) is 5.06. The van der Waals surface area contributed by atoms with Crippen LogP contribution in [0.25, 0.3) is 0 Å². The summed E-state index contributed by atoms with van der Waals surface area (Å²) < 4.78 is 0. The van der Waals surface area contributed by atoms with Crippen molar-refractivity contribution in [2.75, 3.05) is 12.8 Å². The van der Waals surface area contributed by atoms with Gasteiger partial charge in [-0.15, -0.1) is 11.8 Å². The van der Waals surface area contributed by atoms with Crippen LogP contribution >= 0.6 is 11.8 Å². The SMILES string of the molecule is CCCC1CC(C(=O)N2CCc3cc(SC)ccc3C2)NN1. The Hall–Kier alpha value is -1.04. The summed E-state index contributed by atoms with van der Waals surface area (Å²) in [6.07, 6.45) is 6.24. The molecule has 1 aromatic rings. The van der Waals surface area contributed by atoms with Gasteiger partial charge in [-0.05, 0) is 48.8 Å². The normalized spacial score (nSPS) is 24.4. The first-order valence-corrected chi connectivity index (χ1v) is 9.39. The number of hydrazine groups is 1. The first kappa shape index (κ1) is 15.8. The smallest absolute Gasteiger partial charge is 0.241 e. The van der Waals surface area contributed by atoms with Gasteiger partial charge >= 0.3 is 0 Å². The fourth-order valence-electron chi connectivity index (χ4n) is 3.39. The Morgan fingerprint density at radius 3 is 3.00 bits per heavy atom. The van der Waals surface area contributed by atoms with Gasteiger partial charge in [0.05, 0.1) is 0 Å². The number of benzene rings is 1. The van der Waals surface area contributed by atoms with Crippen molar-refractivity contribution < 1.29 is 4.79 Å².